The molecule has 0 radical (unpaired) electrons. The second-order valence-corrected chi connectivity index (χ2v) is 6.97. The number of rotatable bonds is 3. The van der Waals surface area contributed by atoms with Crippen LogP contribution in [0, 0.1) is 18.8 Å². The minimum Gasteiger partial charge on any atom is -0.474 e. The second kappa shape index (κ2) is 6.30. The largest absolute Gasteiger partial charge is 0.474 e. The van der Waals surface area contributed by atoms with Gasteiger partial charge in [0.1, 0.15) is 17.1 Å². The Balaban J connectivity index is 2.20. The monoisotopic (exact) mass is 296 g/mol. The van der Waals surface area contributed by atoms with Crippen LogP contribution in [0.1, 0.15) is 64.3 Å². The third kappa shape index (κ3) is 3.63. The highest BCUT2D eigenvalue weighted by Crippen LogP contribution is 2.33. The van der Waals surface area contributed by atoms with Gasteiger partial charge >= 0.3 is 0 Å². The van der Waals surface area contributed by atoms with Gasteiger partial charge in [0.25, 0.3) is 0 Å². The Morgan fingerprint density at radius 3 is 2.25 bits per heavy atom. The summed E-state index contributed by atoms with van der Waals surface area (Å²) in [6, 6.07) is 0. The number of ether oxygens (including phenoxy) is 1. The molecule has 0 N–H and O–H groups in total. The van der Waals surface area contributed by atoms with E-state index in [0.29, 0.717) is 22.9 Å². The zero-order chi connectivity index (χ0) is 14.9. The molecule has 112 valence electrons. The van der Waals surface area contributed by atoms with E-state index in [1.165, 1.54) is 6.42 Å². The van der Waals surface area contributed by atoms with E-state index in [1.807, 2.05) is 6.92 Å². The maximum Gasteiger partial charge on any atom is 0.221 e. The lowest BCUT2D eigenvalue weighted by Gasteiger charge is -2.31. The standard InChI is InChI=1S/C16H25ClN2O/c1-9(2)15-18-14(17)12(5)16(19-15)20-13-7-10(3)6-11(4)8-13/h9-11,13H,6-8H2,1-5H3. The first kappa shape index (κ1) is 15.6. The van der Waals surface area contributed by atoms with Gasteiger partial charge in [-0.1, -0.05) is 39.3 Å². The molecule has 1 saturated carbocycles. The van der Waals surface area contributed by atoms with Gasteiger partial charge in [-0.3, -0.25) is 0 Å². The molecule has 0 aromatic carbocycles. The average Bonchev–Trinajstić information content (AvgIpc) is 2.33. The van der Waals surface area contributed by atoms with Gasteiger partial charge in [-0.2, -0.15) is 4.98 Å². The van der Waals surface area contributed by atoms with Gasteiger partial charge < -0.3 is 4.74 Å². The summed E-state index contributed by atoms with van der Waals surface area (Å²) < 4.78 is 6.16. The summed E-state index contributed by atoms with van der Waals surface area (Å²) in [5.41, 5.74) is 0.849. The van der Waals surface area contributed by atoms with Gasteiger partial charge in [0.2, 0.25) is 5.88 Å². The van der Waals surface area contributed by atoms with Crippen LogP contribution in [-0.4, -0.2) is 16.1 Å². The Labute approximate surface area is 127 Å². The normalized spacial score (nSPS) is 26.9. The summed E-state index contributed by atoms with van der Waals surface area (Å²) in [6.07, 6.45) is 3.74. The maximum absolute atomic E-state index is 6.21. The summed E-state index contributed by atoms with van der Waals surface area (Å²) in [6.45, 7) is 10.7. The molecule has 1 aliphatic rings. The molecule has 1 fully saturated rings. The van der Waals surface area contributed by atoms with Crippen LogP contribution >= 0.6 is 11.6 Å². The molecular formula is C16H25ClN2O. The molecule has 2 rings (SSSR count). The first-order valence-corrected chi connectivity index (χ1v) is 7.95. The van der Waals surface area contributed by atoms with Crippen molar-refractivity contribution in [1.29, 1.82) is 0 Å². The van der Waals surface area contributed by atoms with E-state index in [4.69, 9.17) is 16.3 Å². The second-order valence-electron chi connectivity index (χ2n) is 6.61. The van der Waals surface area contributed by atoms with Crippen LogP contribution in [0.3, 0.4) is 0 Å². The number of hydrogen-bond acceptors (Lipinski definition) is 3. The summed E-state index contributed by atoms with van der Waals surface area (Å²) in [7, 11) is 0. The number of halogens is 1. The van der Waals surface area contributed by atoms with Crippen LogP contribution in [-0.2, 0) is 0 Å². The predicted molar refractivity (Wildman–Crippen MR) is 82.5 cm³/mol. The van der Waals surface area contributed by atoms with Crippen molar-refractivity contribution in [2.24, 2.45) is 11.8 Å². The van der Waals surface area contributed by atoms with E-state index >= 15 is 0 Å². The Morgan fingerprint density at radius 1 is 1.10 bits per heavy atom. The van der Waals surface area contributed by atoms with Crippen molar-refractivity contribution in [3.8, 4) is 5.88 Å². The molecule has 1 aromatic heterocycles. The lowest BCUT2D eigenvalue weighted by molar-refractivity contribution is 0.0955. The fourth-order valence-corrected chi connectivity index (χ4v) is 3.15. The number of aromatic nitrogens is 2. The van der Waals surface area contributed by atoms with Crippen molar-refractivity contribution in [1.82, 2.24) is 9.97 Å². The smallest absolute Gasteiger partial charge is 0.221 e. The van der Waals surface area contributed by atoms with Crippen LogP contribution in [0.2, 0.25) is 5.15 Å². The Hall–Kier alpha value is -0.830. The van der Waals surface area contributed by atoms with E-state index in [0.717, 1.165) is 24.2 Å². The first-order chi connectivity index (χ1) is 9.36. The molecule has 3 nitrogen and oxygen atoms in total. The van der Waals surface area contributed by atoms with Gasteiger partial charge in [0.15, 0.2) is 0 Å². The Morgan fingerprint density at radius 2 is 1.70 bits per heavy atom. The first-order valence-electron chi connectivity index (χ1n) is 7.57. The van der Waals surface area contributed by atoms with Crippen molar-refractivity contribution in [2.45, 2.75) is 65.9 Å². The lowest BCUT2D eigenvalue weighted by Crippen LogP contribution is -2.29. The lowest BCUT2D eigenvalue weighted by atomic mass is 9.82. The van der Waals surface area contributed by atoms with Gasteiger partial charge in [0, 0.05) is 11.5 Å². The van der Waals surface area contributed by atoms with E-state index in [2.05, 4.69) is 37.7 Å². The third-order valence-electron chi connectivity index (χ3n) is 3.99. The molecule has 0 amide bonds. The molecule has 0 aliphatic heterocycles. The van der Waals surface area contributed by atoms with E-state index in [1.54, 1.807) is 0 Å². The minimum absolute atomic E-state index is 0.249. The maximum atomic E-state index is 6.21. The fraction of sp³-hybridized carbons (Fsp3) is 0.750. The SMILES string of the molecule is Cc1c(Cl)nc(C(C)C)nc1OC1CC(C)CC(C)C1. The van der Waals surface area contributed by atoms with Crippen LogP contribution in [0.5, 0.6) is 5.88 Å². The number of hydrogen-bond donors (Lipinski definition) is 0. The topological polar surface area (TPSA) is 35.0 Å². The molecule has 0 saturated heterocycles. The fourth-order valence-electron chi connectivity index (χ4n) is 2.99. The highest BCUT2D eigenvalue weighted by Gasteiger charge is 2.26. The van der Waals surface area contributed by atoms with E-state index < -0.39 is 0 Å². The van der Waals surface area contributed by atoms with Crippen molar-refractivity contribution in [3.63, 3.8) is 0 Å². The van der Waals surface area contributed by atoms with Crippen LogP contribution in [0.25, 0.3) is 0 Å². The molecule has 20 heavy (non-hydrogen) atoms. The molecular weight excluding hydrogens is 272 g/mol. The van der Waals surface area contributed by atoms with Crippen molar-refractivity contribution >= 4 is 11.6 Å². The molecule has 0 bridgehead atoms. The third-order valence-corrected chi connectivity index (χ3v) is 4.36. The molecule has 1 aliphatic carbocycles. The molecule has 2 unspecified atom stereocenters. The minimum atomic E-state index is 0.249. The van der Waals surface area contributed by atoms with E-state index in [-0.39, 0.29) is 12.0 Å². The van der Waals surface area contributed by atoms with Crippen molar-refractivity contribution in [2.75, 3.05) is 0 Å². The summed E-state index contributed by atoms with van der Waals surface area (Å²) in [4.78, 5) is 8.89. The van der Waals surface area contributed by atoms with Crippen molar-refractivity contribution in [3.05, 3.63) is 16.5 Å². The van der Waals surface area contributed by atoms with Crippen molar-refractivity contribution < 1.29 is 4.74 Å². The molecule has 0 spiro atoms. The number of nitrogens with zero attached hydrogens (tertiary/aromatic N) is 2. The predicted octanol–water partition coefficient (Wildman–Crippen LogP) is 4.77. The van der Waals surface area contributed by atoms with E-state index in [9.17, 15) is 0 Å². The molecule has 1 heterocycles. The molecule has 1 aromatic rings. The van der Waals surface area contributed by atoms with Gasteiger partial charge in [0.05, 0.1) is 0 Å². The zero-order valence-electron chi connectivity index (χ0n) is 13.1. The quantitative estimate of drug-likeness (QED) is 0.754. The summed E-state index contributed by atoms with van der Waals surface area (Å²) in [5.74, 6) is 3.10. The van der Waals surface area contributed by atoms with Gasteiger partial charge in [-0.15, -0.1) is 0 Å². The zero-order valence-corrected chi connectivity index (χ0v) is 13.9. The average molecular weight is 297 g/mol. The highest BCUT2D eigenvalue weighted by atomic mass is 35.5. The highest BCUT2D eigenvalue weighted by molar-refractivity contribution is 6.30. The van der Waals surface area contributed by atoms with Gasteiger partial charge in [-0.05, 0) is 38.0 Å². The van der Waals surface area contributed by atoms with Crippen LogP contribution < -0.4 is 4.74 Å². The summed E-state index contributed by atoms with van der Waals surface area (Å²) >= 11 is 6.21. The van der Waals surface area contributed by atoms with Crippen LogP contribution in [0.4, 0.5) is 0 Å². The molecule has 2 atom stereocenters. The molecule has 4 heteroatoms. The van der Waals surface area contributed by atoms with Gasteiger partial charge in [-0.25, -0.2) is 4.98 Å². The summed E-state index contributed by atoms with van der Waals surface area (Å²) in [5, 5.41) is 0.510. The Kier molecular flexibility index (Phi) is 4.90. The van der Waals surface area contributed by atoms with Crippen LogP contribution in [0.15, 0.2) is 0 Å². The Bertz CT molecular complexity index is 466.